The monoisotopic (exact) mass is 718 g/mol. The number of benzene rings is 2. The van der Waals surface area contributed by atoms with Crippen LogP contribution in [0.1, 0.15) is 38.8 Å². The Balaban J connectivity index is 0.000000350. The van der Waals surface area contributed by atoms with Gasteiger partial charge in [-0.1, -0.05) is 0 Å². The Hall–Kier alpha value is -2.31. The zero-order valence-corrected chi connectivity index (χ0v) is 21.3. The minimum atomic E-state index is -4.57. The molecule has 0 heterocycles. The smallest absolute Gasteiger partial charge is 0.417 e. The highest BCUT2D eigenvalue weighted by molar-refractivity contribution is 14.1. The van der Waals surface area contributed by atoms with Crippen LogP contribution in [0.3, 0.4) is 0 Å². The minimum absolute atomic E-state index is 0.130. The van der Waals surface area contributed by atoms with E-state index in [9.17, 15) is 40.7 Å². The van der Waals surface area contributed by atoms with Crippen molar-refractivity contribution in [2.75, 3.05) is 18.2 Å². The number of alkyl halides is 6. The van der Waals surface area contributed by atoms with E-state index in [4.69, 9.17) is 10.8 Å². The predicted octanol–water partition coefficient (Wildman–Crippen LogP) is 5.65. The molecule has 0 saturated carbocycles. The topological polar surface area (TPSA) is 119 Å². The third-order valence-electron chi connectivity index (χ3n) is 3.80. The number of carbonyl (C=O) groups is 3. The third-order valence-corrected chi connectivity index (χ3v) is 5.59. The number of carboxylic acids is 1. The van der Waals surface area contributed by atoms with Crippen LogP contribution in [-0.4, -0.2) is 30.1 Å². The lowest BCUT2D eigenvalue weighted by molar-refractivity contribution is -0.139. The zero-order valence-electron chi connectivity index (χ0n) is 17.0. The normalized spacial score (nSPS) is 11.2. The first-order chi connectivity index (χ1) is 15.4. The summed E-state index contributed by atoms with van der Waals surface area (Å²) in [5.74, 6) is -2.76. The molecule has 1 amide bonds. The van der Waals surface area contributed by atoms with Gasteiger partial charge in [-0.05, 0) is 69.4 Å². The van der Waals surface area contributed by atoms with Crippen LogP contribution in [0.15, 0.2) is 24.3 Å². The molecule has 0 unspecified atom stereocenters. The van der Waals surface area contributed by atoms with Gasteiger partial charge in [0.2, 0.25) is 5.91 Å². The number of aromatic carboxylic acids is 1. The second-order valence-electron chi connectivity index (χ2n) is 6.27. The second kappa shape index (κ2) is 11.4. The van der Waals surface area contributed by atoms with Crippen LogP contribution in [0, 0.1) is 7.14 Å². The van der Waals surface area contributed by atoms with Gasteiger partial charge >= 0.3 is 24.3 Å². The van der Waals surface area contributed by atoms with Gasteiger partial charge in [0.05, 0.1) is 35.1 Å². The summed E-state index contributed by atoms with van der Waals surface area (Å²) in [4.78, 5) is 33.0. The highest BCUT2D eigenvalue weighted by Crippen LogP contribution is 2.37. The van der Waals surface area contributed by atoms with Crippen LogP contribution in [-0.2, 0) is 21.9 Å². The number of hydrogen-bond acceptors (Lipinski definition) is 5. The molecule has 0 saturated heterocycles. The molecule has 2 aromatic carbocycles. The molecule has 0 atom stereocenters. The number of methoxy groups -OCH3 is 1. The van der Waals surface area contributed by atoms with Crippen molar-refractivity contribution in [1.82, 2.24) is 0 Å². The molecule has 34 heavy (non-hydrogen) atoms. The van der Waals surface area contributed by atoms with Gasteiger partial charge < -0.3 is 20.9 Å². The number of halogens is 8. The molecule has 0 radical (unpaired) electrons. The molecule has 0 aliphatic heterocycles. The fourth-order valence-electron chi connectivity index (χ4n) is 2.35. The summed E-state index contributed by atoms with van der Waals surface area (Å²) in [6, 6.07) is 3.28. The number of nitrogens with one attached hydrogen (secondary N) is 1. The molecule has 0 aliphatic carbocycles. The van der Waals surface area contributed by atoms with Gasteiger partial charge in [0.1, 0.15) is 0 Å². The molecule has 0 aromatic heterocycles. The molecule has 2 rings (SSSR count). The van der Waals surface area contributed by atoms with E-state index in [1.807, 2.05) is 0 Å². The third kappa shape index (κ3) is 7.88. The Morgan fingerprint density at radius 3 is 1.74 bits per heavy atom. The number of carboxylic acid groups (broad SMARTS) is 1. The number of esters is 1. The molecule has 186 valence electrons. The van der Waals surface area contributed by atoms with E-state index in [0.717, 1.165) is 32.2 Å². The first kappa shape index (κ1) is 29.7. The number of nitrogen functional groups attached to an aromatic ring is 1. The molecule has 0 bridgehead atoms. The lowest BCUT2D eigenvalue weighted by atomic mass is 10.1. The first-order valence-electron chi connectivity index (χ1n) is 8.56. The van der Waals surface area contributed by atoms with Crippen LogP contribution in [0.5, 0.6) is 0 Å². The van der Waals surface area contributed by atoms with E-state index in [2.05, 4.69) is 10.1 Å². The van der Waals surface area contributed by atoms with E-state index in [0.29, 0.717) is 6.07 Å². The summed E-state index contributed by atoms with van der Waals surface area (Å²) in [6.07, 6.45) is -9.10. The summed E-state index contributed by atoms with van der Waals surface area (Å²) in [7, 11) is 1.10. The lowest BCUT2D eigenvalue weighted by Gasteiger charge is -2.14. The van der Waals surface area contributed by atoms with Crippen LogP contribution in [0.2, 0.25) is 0 Å². The highest BCUT2D eigenvalue weighted by Gasteiger charge is 2.35. The van der Waals surface area contributed by atoms with Gasteiger partial charge in [-0.3, -0.25) is 4.79 Å². The standard InChI is InChI=1S/C11H9F3INO3.C8H5F3INO2/c1-5(17)16-9-4-7(11(12,13)14)8(15)3-6(9)10(18)19-2;9-8(10,11)4-2-6(13)3(7(14)15)1-5(4)12/h3-4H,1-2H3,(H,16,17);1-2H,13H2,(H,14,15). The summed E-state index contributed by atoms with van der Waals surface area (Å²) >= 11 is 2.89. The molecule has 2 aromatic rings. The van der Waals surface area contributed by atoms with E-state index in [1.165, 1.54) is 45.2 Å². The fraction of sp³-hybridized carbons (Fsp3) is 0.211. The van der Waals surface area contributed by atoms with E-state index < -0.39 is 47.0 Å². The average molecular weight is 718 g/mol. The van der Waals surface area contributed by atoms with Crippen LogP contribution >= 0.6 is 45.2 Å². The van der Waals surface area contributed by atoms with Crippen molar-refractivity contribution in [2.24, 2.45) is 0 Å². The van der Waals surface area contributed by atoms with Gasteiger partial charge in [0, 0.05) is 19.8 Å². The molecule has 7 nitrogen and oxygen atoms in total. The Morgan fingerprint density at radius 1 is 0.912 bits per heavy atom. The quantitative estimate of drug-likeness (QED) is 0.164. The van der Waals surface area contributed by atoms with Crippen molar-refractivity contribution in [3.8, 4) is 0 Å². The maximum Gasteiger partial charge on any atom is 0.417 e. The Labute approximate surface area is 215 Å². The van der Waals surface area contributed by atoms with Crippen molar-refractivity contribution in [3.05, 3.63) is 53.7 Å². The molecule has 0 spiro atoms. The van der Waals surface area contributed by atoms with E-state index >= 15 is 0 Å². The summed E-state index contributed by atoms with van der Waals surface area (Å²) in [6.45, 7) is 1.13. The molecule has 0 fully saturated rings. The maximum atomic E-state index is 12.7. The van der Waals surface area contributed by atoms with Crippen molar-refractivity contribution < 1.29 is 50.6 Å². The fourth-order valence-corrected chi connectivity index (χ4v) is 3.90. The summed E-state index contributed by atoms with van der Waals surface area (Å²) in [5.41, 5.74) is 2.27. The van der Waals surface area contributed by atoms with Crippen molar-refractivity contribution >= 4 is 74.4 Å². The minimum Gasteiger partial charge on any atom is -0.478 e. The molecule has 0 aliphatic rings. The van der Waals surface area contributed by atoms with Crippen LogP contribution in [0.25, 0.3) is 0 Å². The Morgan fingerprint density at radius 2 is 1.35 bits per heavy atom. The number of nitrogens with two attached hydrogens (primary N) is 1. The van der Waals surface area contributed by atoms with Gasteiger partial charge in [-0.15, -0.1) is 0 Å². The van der Waals surface area contributed by atoms with Gasteiger partial charge in [0.15, 0.2) is 0 Å². The lowest BCUT2D eigenvalue weighted by Crippen LogP contribution is -2.16. The maximum absolute atomic E-state index is 12.7. The van der Waals surface area contributed by atoms with E-state index in [-0.39, 0.29) is 24.0 Å². The van der Waals surface area contributed by atoms with Gasteiger partial charge in [0.25, 0.3) is 0 Å². The van der Waals surface area contributed by atoms with Crippen molar-refractivity contribution in [2.45, 2.75) is 19.3 Å². The van der Waals surface area contributed by atoms with E-state index in [1.54, 1.807) is 0 Å². The van der Waals surface area contributed by atoms with Gasteiger partial charge in [-0.2, -0.15) is 26.3 Å². The molecule has 15 heteroatoms. The van der Waals surface area contributed by atoms with Gasteiger partial charge in [-0.25, -0.2) is 9.59 Å². The Kier molecular flexibility index (Phi) is 9.98. The molecular weight excluding hydrogens is 704 g/mol. The predicted molar refractivity (Wildman–Crippen MR) is 125 cm³/mol. The first-order valence-corrected chi connectivity index (χ1v) is 10.7. The SMILES string of the molecule is COC(=O)c1cc(I)c(C(F)(F)F)cc1NC(C)=O.Nc1cc(C(F)(F)F)c(I)cc1C(=O)O. The Bertz CT molecular complexity index is 1120. The van der Waals surface area contributed by atoms with Crippen molar-refractivity contribution in [1.29, 1.82) is 0 Å². The summed E-state index contributed by atoms with van der Waals surface area (Å²) < 4.78 is 79.4. The number of hydrogen-bond donors (Lipinski definition) is 3. The zero-order chi connectivity index (χ0) is 26.6. The number of carbonyl (C=O) groups excluding carboxylic acids is 2. The molecule has 4 N–H and O–H groups in total. The number of anilines is 2. The largest absolute Gasteiger partial charge is 0.478 e. The highest BCUT2D eigenvalue weighted by atomic mass is 127. The van der Waals surface area contributed by atoms with Crippen LogP contribution < -0.4 is 11.1 Å². The van der Waals surface area contributed by atoms with Crippen molar-refractivity contribution in [3.63, 3.8) is 0 Å². The van der Waals surface area contributed by atoms with Crippen LogP contribution in [0.4, 0.5) is 37.7 Å². The number of rotatable bonds is 3. The number of amides is 1. The average Bonchev–Trinajstić information content (AvgIpc) is 2.68. The number of ether oxygens (including phenoxy) is 1. The molecular formula is C19H14F6I2N2O5. The second-order valence-corrected chi connectivity index (χ2v) is 8.59. The summed E-state index contributed by atoms with van der Waals surface area (Å²) in [5, 5.41) is 10.8.